The average Bonchev–Trinajstić information content (AvgIpc) is 3.42. The molecule has 0 unspecified atom stereocenters. The lowest BCUT2D eigenvalue weighted by molar-refractivity contribution is 0.0694. The number of piperazine rings is 1. The summed E-state index contributed by atoms with van der Waals surface area (Å²) >= 11 is 0. The standard InChI is InChI=1S/C19H22FN3O3.ClH/c1-11-16-13(12-3-4-12)9-14(19(25)26)18(24)23(16)10-15(20)17(11)22-7-5-21(2)6-8-22;/h9-10,12H,3-8H2,1-2H3,(H,25,26);1H. The predicted octanol–water partition coefficient (Wildman–Crippen LogP) is 2.50. The van der Waals surface area contributed by atoms with Crippen LogP contribution in [0.3, 0.4) is 0 Å². The van der Waals surface area contributed by atoms with Gasteiger partial charge in [-0.1, -0.05) is 0 Å². The van der Waals surface area contributed by atoms with E-state index in [4.69, 9.17) is 0 Å². The summed E-state index contributed by atoms with van der Waals surface area (Å²) in [5.74, 6) is -1.51. The number of carboxylic acids is 1. The molecular formula is C19H23ClFN3O3. The van der Waals surface area contributed by atoms with Gasteiger partial charge in [0, 0.05) is 26.2 Å². The summed E-state index contributed by atoms with van der Waals surface area (Å²) in [7, 11) is 2.04. The molecule has 1 saturated carbocycles. The number of aromatic carboxylic acids is 1. The molecule has 1 N–H and O–H groups in total. The minimum Gasteiger partial charge on any atom is -0.477 e. The molecule has 0 atom stereocenters. The molecule has 6 nitrogen and oxygen atoms in total. The lowest BCUT2D eigenvalue weighted by atomic mass is 10.0. The number of hydrogen-bond acceptors (Lipinski definition) is 4. The number of rotatable bonds is 3. The predicted molar refractivity (Wildman–Crippen MR) is 104 cm³/mol. The molecule has 0 spiro atoms. The molecule has 27 heavy (non-hydrogen) atoms. The molecule has 2 aromatic rings. The number of aryl methyl sites for hydroxylation is 1. The Morgan fingerprint density at radius 2 is 1.85 bits per heavy atom. The number of likely N-dealkylation sites (N-methyl/N-ethyl adjacent to an activating group) is 1. The van der Waals surface area contributed by atoms with Crippen molar-refractivity contribution in [1.82, 2.24) is 9.30 Å². The number of carbonyl (C=O) groups is 1. The summed E-state index contributed by atoms with van der Waals surface area (Å²) in [6.07, 6.45) is 3.10. The Kier molecular flexibility index (Phi) is 5.18. The van der Waals surface area contributed by atoms with Gasteiger partial charge < -0.3 is 14.9 Å². The highest BCUT2D eigenvalue weighted by Crippen LogP contribution is 2.43. The molecule has 8 heteroatoms. The van der Waals surface area contributed by atoms with Crippen molar-refractivity contribution in [2.24, 2.45) is 0 Å². The average molecular weight is 396 g/mol. The summed E-state index contributed by atoms with van der Waals surface area (Å²) in [5.41, 5.74) is 1.78. The number of hydrogen-bond donors (Lipinski definition) is 1. The van der Waals surface area contributed by atoms with Gasteiger partial charge in [-0.25, -0.2) is 9.18 Å². The van der Waals surface area contributed by atoms with Gasteiger partial charge in [0.1, 0.15) is 5.56 Å². The van der Waals surface area contributed by atoms with E-state index >= 15 is 0 Å². The van der Waals surface area contributed by atoms with Crippen molar-refractivity contribution >= 4 is 29.6 Å². The second-order valence-corrected chi connectivity index (χ2v) is 7.36. The smallest absolute Gasteiger partial charge is 0.341 e. The van der Waals surface area contributed by atoms with Gasteiger partial charge in [-0.2, -0.15) is 0 Å². The van der Waals surface area contributed by atoms with Gasteiger partial charge >= 0.3 is 5.97 Å². The third kappa shape index (κ3) is 3.30. The fourth-order valence-corrected chi connectivity index (χ4v) is 3.92. The number of pyridine rings is 2. The zero-order valence-corrected chi connectivity index (χ0v) is 16.2. The topological polar surface area (TPSA) is 65.3 Å². The van der Waals surface area contributed by atoms with Crippen LogP contribution in [0.15, 0.2) is 17.1 Å². The van der Waals surface area contributed by atoms with Crippen LogP contribution in [0.4, 0.5) is 10.1 Å². The van der Waals surface area contributed by atoms with Gasteiger partial charge in [0.15, 0.2) is 5.82 Å². The summed E-state index contributed by atoms with van der Waals surface area (Å²) < 4.78 is 16.2. The number of anilines is 1. The Balaban J connectivity index is 0.00000210. The van der Waals surface area contributed by atoms with Gasteiger partial charge in [-0.3, -0.25) is 9.20 Å². The van der Waals surface area contributed by atoms with Crippen LogP contribution in [0.2, 0.25) is 0 Å². The quantitative estimate of drug-likeness (QED) is 0.865. The molecule has 2 aromatic heterocycles. The van der Waals surface area contributed by atoms with Crippen molar-refractivity contribution < 1.29 is 14.3 Å². The van der Waals surface area contributed by atoms with E-state index in [2.05, 4.69) is 4.90 Å². The Morgan fingerprint density at radius 3 is 2.41 bits per heavy atom. The van der Waals surface area contributed by atoms with Crippen molar-refractivity contribution in [3.8, 4) is 0 Å². The lowest BCUT2D eigenvalue weighted by Gasteiger charge is -2.35. The first-order valence-corrected chi connectivity index (χ1v) is 8.93. The van der Waals surface area contributed by atoms with E-state index in [9.17, 15) is 19.1 Å². The van der Waals surface area contributed by atoms with E-state index in [0.717, 1.165) is 50.8 Å². The maximum absolute atomic E-state index is 15.0. The first-order valence-electron chi connectivity index (χ1n) is 8.93. The van der Waals surface area contributed by atoms with E-state index in [-0.39, 0.29) is 23.9 Å². The highest BCUT2D eigenvalue weighted by atomic mass is 35.5. The van der Waals surface area contributed by atoms with E-state index < -0.39 is 17.3 Å². The number of aromatic nitrogens is 1. The third-order valence-electron chi connectivity index (χ3n) is 5.51. The Bertz CT molecular complexity index is 963. The third-order valence-corrected chi connectivity index (χ3v) is 5.51. The van der Waals surface area contributed by atoms with E-state index in [0.29, 0.717) is 16.8 Å². The van der Waals surface area contributed by atoms with Crippen molar-refractivity contribution in [3.63, 3.8) is 0 Å². The highest BCUT2D eigenvalue weighted by Gasteiger charge is 2.31. The van der Waals surface area contributed by atoms with Crippen molar-refractivity contribution in [2.75, 3.05) is 38.1 Å². The molecule has 1 aliphatic heterocycles. The van der Waals surface area contributed by atoms with Crippen LogP contribution >= 0.6 is 12.4 Å². The first-order chi connectivity index (χ1) is 12.4. The Labute approximate surface area is 162 Å². The van der Waals surface area contributed by atoms with E-state index in [1.165, 1.54) is 10.5 Å². The maximum Gasteiger partial charge on any atom is 0.341 e. The van der Waals surface area contributed by atoms with Crippen LogP contribution in [0.1, 0.15) is 40.2 Å². The van der Waals surface area contributed by atoms with Crippen LogP contribution in [0.25, 0.3) is 5.52 Å². The van der Waals surface area contributed by atoms with Gasteiger partial charge in [0.05, 0.1) is 17.4 Å². The minimum absolute atomic E-state index is 0. The second kappa shape index (κ2) is 7.13. The highest BCUT2D eigenvalue weighted by molar-refractivity contribution is 5.89. The van der Waals surface area contributed by atoms with E-state index in [1.807, 2.05) is 18.9 Å². The van der Waals surface area contributed by atoms with Gasteiger partial charge in [-0.05, 0) is 49.9 Å². The van der Waals surface area contributed by atoms with Crippen molar-refractivity contribution in [1.29, 1.82) is 0 Å². The largest absolute Gasteiger partial charge is 0.477 e. The molecule has 0 radical (unpaired) electrons. The zero-order chi connectivity index (χ0) is 18.6. The van der Waals surface area contributed by atoms with Crippen LogP contribution in [0.5, 0.6) is 0 Å². The van der Waals surface area contributed by atoms with Gasteiger partial charge in [-0.15, -0.1) is 12.4 Å². The first kappa shape index (κ1) is 19.6. The molecule has 0 bridgehead atoms. The number of halogens is 2. The molecule has 3 heterocycles. The molecule has 2 aliphatic rings. The fraction of sp³-hybridized carbons (Fsp3) is 0.474. The van der Waals surface area contributed by atoms with Crippen molar-refractivity contribution in [3.05, 3.63) is 45.1 Å². The summed E-state index contributed by atoms with van der Waals surface area (Å²) in [6.45, 7) is 4.98. The number of nitrogens with zero attached hydrogens (tertiary/aromatic N) is 3. The maximum atomic E-state index is 15.0. The molecule has 0 aromatic carbocycles. The van der Waals surface area contributed by atoms with Gasteiger partial charge in [0.25, 0.3) is 5.56 Å². The molecule has 1 aliphatic carbocycles. The van der Waals surface area contributed by atoms with Gasteiger partial charge in [0.2, 0.25) is 0 Å². The minimum atomic E-state index is -1.27. The summed E-state index contributed by atoms with van der Waals surface area (Å²) in [4.78, 5) is 28.3. The molecule has 0 amide bonds. The van der Waals surface area contributed by atoms with Crippen LogP contribution in [-0.4, -0.2) is 53.6 Å². The summed E-state index contributed by atoms with van der Waals surface area (Å²) in [6, 6.07) is 1.50. The Hall–Kier alpha value is -2.12. The molecule has 1 saturated heterocycles. The van der Waals surface area contributed by atoms with Crippen LogP contribution in [-0.2, 0) is 0 Å². The zero-order valence-electron chi connectivity index (χ0n) is 15.4. The van der Waals surface area contributed by atoms with Crippen LogP contribution in [0, 0.1) is 12.7 Å². The Morgan fingerprint density at radius 1 is 1.22 bits per heavy atom. The normalized spacial score (nSPS) is 17.8. The molecule has 4 rings (SSSR count). The summed E-state index contributed by atoms with van der Waals surface area (Å²) in [5, 5.41) is 9.35. The number of carboxylic acid groups (broad SMARTS) is 1. The monoisotopic (exact) mass is 395 g/mol. The van der Waals surface area contributed by atoms with Crippen LogP contribution < -0.4 is 10.5 Å². The second-order valence-electron chi connectivity index (χ2n) is 7.36. The molecular weight excluding hydrogens is 373 g/mol. The van der Waals surface area contributed by atoms with E-state index in [1.54, 1.807) is 0 Å². The fourth-order valence-electron chi connectivity index (χ4n) is 3.92. The molecule has 146 valence electrons. The lowest BCUT2D eigenvalue weighted by Crippen LogP contribution is -2.45. The SMILES string of the molecule is Cc1c(N2CCN(C)CC2)c(F)cn2c(=O)c(C(=O)O)cc(C3CC3)c12.Cl. The van der Waals surface area contributed by atoms with Crippen molar-refractivity contribution in [2.45, 2.75) is 25.7 Å². The molecule has 2 fully saturated rings. The number of fused-ring (bicyclic) bond motifs is 1.